The average Bonchev–Trinajstić information content (AvgIpc) is 3.28. The first-order valence-electron chi connectivity index (χ1n) is 10.2. The van der Waals surface area contributed by atoms with E-state index in [0.717, 1.165) is 5.56 Å². The Hall–Kier alpha value is -3.59. The fourth-order valence-corrected chi connectivity index (χ4v) is 3.77. The quantitative estimate of drug-likeness (QED) is 0.662. The van der Waals surface area contributed by atoms with Gasteiger partial charge in [0.15, 0.2) is 17.3 Å². The maximum Gasteiger partial charge on any atom is 0.294 e. The van der Waals surface area contributed by atoms with Crippen molar-refractivity contribution < 1.29 is 19.0 Å². The molecule has 9 heteroatoms. The molecule has 1 amide bonds. The smallest absolute Gasteiger partial charge is 0.294 e. The van der Waals surface area contributed by atoms with Crippen molar-refractivity contribution in [3.8, 4) is 11.5 Å². The van der Waals surface area contributed by atoms with E-state index in [1.807, 2.05) is 41.3 Å². The third-order valence-electron chi connectivity index (χ3n) is 5.37. The van der Waals surface area contributed by atoms with Crippen LogP contribution in [0.3, 0.4) is 0 Å². The highest BCUT2D eigenvalue weighted by Crippen LogP contribution is 2.32. The molecule has 3 aromatic rings. The van der Waals surface area contributed by atoms with Gasteiger partial charge < -0.3 is 24.4 Å². The number of hydrogen-bond acceptors (Lipinski definition) is 7. The average molecular weight is 422 g/mol. The third-order valence-corrected chi connectivity index (χ3v) is 5.37. The minimum atomic E-state index is -0.279. The number of para-hydroxylation sites is 2. The van der Waals surface area contributed by atoms with E-state index in [9.17, 15) is 9.59 Å². The Kier molecular flexibility index (Phi) is 5.17. The van der Waals surface area contributed by atoms with Crippen LogP contribution in [0.25, 0.3) is 11.0 Å². The van der Waals surface area contributed by atoms with E-state index < -0.39 is 0 Å². The second kappa shape index (κ2) is 8.27. The Balaban J connectivity index is 1.38. The van der Waals surface area contributed by atoms with Gasteiger partial charge in [0.2, 0.25) is 12.7 Å². The number of hydrogen-bond donors (Lipinski definition) is 1. The topological polar surface area (TPSA) is 94.9 Å². The van der Waals surface area contributed by atoms with Crippen LogP contribution in [-0.4, -0.2) is 48.6 Å². The van der Waals surface area contributed by atoms with Crippen LogP contribution in [0.5, 0.6) is 11.5 Å². The third kappa shape index (κ3) is 3.91. The SMILES string of the molecule is O=C(Cn1c(=O)c(N2CCOCC2)nc2ccccc21)NCc1ccc2c(c1)OCO2. The maximum absolute atomic E-state index is 13.2. The van der Waals surface area contributed by atoms with Gasteiger partial charge >= 0.3 is 0 Å². The largest absolute Gasteiger partial charge is 0.454 e. The standard InChI is InChI=1S/C22H22N4O5/c27-20(23-12-15-5-6-18-19(11-15)31-14-30-18)13-26-17-4-2-1-3-16(17)24-21(22(26)28)25-7-9-29-10-8-25/h1-6,11H,7-10,12-14H2,(H,23,27). The van der Waals surface area contributed by atoms with E-state index in [0.29, 0.717) is 61.2 Å². The molecule has 0 unspecified atom stereocenters. The van der Waals surface area contributed by atoms with Crippen molar-refractivity contribution in [3.05, 3.63) is 58.4 Å². The van der Waals surface area contributed by atoms with Crippen molar-refractivity contribution in [2.45, 2.75) is 13.1 Å². The van der Waals surface area contributed by atoms with E-state index >= 15 is 0 Å². The zero-order valence-corrected chi connectivity index (χ0v) is 16.9. The molecule has 5 rings (SSSR count). The molecular weight excluding hydrogens is 400 g/mol. The van der Waals surface area contributed by atoms with E-state index in [4.69, 9.17) is 14.2 Å². The van der Waals surface area contributed by atoms with Crippen LogP contribution in [0.15, 0.2) is 47.3 Å². The Morgan fingerprint density at radius 2 is 1.87 bits per heavy atom. The summed E-state index contributed by atoms with van der Waals surface area (Å²) in [4.78, 5) is 32.4. The van der Waals surface area contributed by atoms with Crippen LogP contribution < -0.4 is 25.2 Å². The molecule has 2 aliphatic heterocycles. The molecule has 2 aliphatic rings. The van der Waals surface area contributed by atoms with Gasteiger partial charge in [-0.3, -0.25) is 14.2 Å². The van der Waals surface area contributed by atoms with E-state index in [1.165, 1.54) is 4.57 Å². The Morgan fingerprint density at radius 3 is 2.74 bits per heavy atom. The van der Waals surface area contributed by atoms with Crippen LogP contribution >= 0.6 is 0 Å². The number of fused-ring (bicyclic) bond motifs is 2. The first kappa shape index (κ1) is 19.4. The summed E-state index contributed by atoms with van der Waals surface area (Å²) in [5.74, 6) is 1.45. The Labute approximate surface area is 178 Å². The van der Waals surface area contributed by atoms with E-state index in [-0.39, 0.29) is 24.8 Å². The van der Waals surface area contributed by atoms with Crippen LogP contribution in [-0.2, 0) is 22.6 Å². The summed E-state index contributed by atoms with van der Waals surface area (Å²) in [6, 6.07) is 12.9. The van der Waals surface area contributed by atoms with Gasteiger partial charge in [0, 0.05) is 19.6 Å². The minimum Gasteiger partial charge on any atom is -0.454 e. The molecule has 0 bridgehead atoms. The molecule has 1 N–H and O–H groups in total. The summed E-state index contributed by atoms with van der Waals surface area (Å²) in [7, 11) is 0. The molecule has 31 heavy (non-hydrogen) atoms. The number of carbonyl (C=O) groups excluding carboxylic acids is 1. The van der Waals surface area contributed by atoms with Gasteiger partial charge in [-0.15, -0.1) is 0 Å². The summed E-state index contributed by atoms with van der Waals surface area (Å²) in [5.41, 5.74) is 1.91. The van der Waals surface area contributed by atoms with E-state index in [2.05, 4.69) is 10.3 Å². The van der Waals surface area contributed by atoms with Gasteiger partial charge in [-0.25, -0.2) is 4.98 Å². The normalized spacial score (nSPS) is 15.3. The number of ether oxygens (including phenoxy) is 3. The number of amides is 1. The molecule has 1 fully saturated rings. The number of benzene rings is 2. The zero-order chi connectivity index (χ0) is 21.2. The lowest BCUT2D eigenvalue weighted by atomic mass is 10.2. The number of rotatable bonds is 5. The van der Waals surface area contributed by atoms with Crippen molar-refractivity contribution >= 4 is 22.8 Å². The molecule has 3 heterocycles. The predicted molar refractivity (Wildman–Crippen MR) is 113 cm³/mol. The van der Waals surface area contributed by atoms with Crippen LogP contribution in [0.4, 0.5) is 5.82 Å². The highest BCUT2D eigenvalue weighted by Gasteiger charge is 2.20. The Bertz CT molecular complexity index is 1190. The first-order valence-corrected chi connectivity index (χ1v) is 10.2. The fourth-order valence-electron chi connectivity index (χ4n) is 3.77. The maximum atomic E-state index is 13.2. The molecular formula is C22H22N4O5. The number of aromatic nitrogens is 2. The van der Waals surface area contributed by atoms with E-state index in [1.54, 1.807) is 6.07 Å². The van der Waals surface area contributed by atoms with Gasteiger partial charge in [-0.05, 0) is 29.8 Å². The zero-order valence-electron chi connectivity index (χ0n) is 16.9. The van der Waals surface area contributed by atoms with Crippen molar-refractivity contribution in [3.63, 3.8) is 0 Å². The molecule has 0 radical (unpaired) electrons. The number of carbonyl (C=O) groups is 1. The molecule has 2 aromatic carbocycles. The monoisotopic (exact) mass is 422 g/mol. The molecule has 1 aromatic heterocycles. The number of nitrogens with zero attached hydrogens (tertiary/aromatic N) is 3. The molecule has 1 saturated heterocycles. The van der Waals surface area contributed by atoms with Gasteiger partial charge in [0.1, 0.15) is 6.54 Å². The number of morpholine rings is 1. The van der Waals surface area contributed by atoms with Crippen LogP contribution in [0.2, 0.25) is 0 Å². The minimum absolute atomic E-state index is 0.0935. The fraction of sp³-hybridized carbons (Fsp3) is 0.318. The first-order chi connectivity index (χ1) is 15.2. The lowest BCUT2D eigenvalue weighted by Crippen LogP contribution is -2.42. The molecule has 0 atom stereocenters. The summed E-state index contributed by atoms with van der Waals surface area (Å²) >= 11 is 0. The second-order valence-electron chi connectivity index (χ2n) is 7.38. The van der Waals surface area contributed by atoms with Gasteiger partial charge in [0.05, 0.1) is 24.2 Å². The van der Waals surface area contributed by atoms with Crippen molar-refractivity contribution in [1.29, 1.82) is 0 Å². The summed E-state index contributed by atoms with van der Waals surface area (Å²) < 4.78 is 17.6. The van der Waals surface area contributed by atoms with Gasteiger partial charge in [-0.1, -0.05) is 18.2 Å². The summed E-state index contributed by atoms with van der Waals surface area (Å²) in [6.45, 7) is 2.71. The Morgan fingerprint density at radius 1 is 1.06 bits per heavy atom. The number of nitrogens with one attached hydrogen (secondary N) is 1. The van der Waals surface area contributed by atoms with Gasteiger partial charge in [0.25, 0.3) is 5.56 Å². The molecule has 0 spiro atoms. The second-order valence-corrected chi connectivity index (χ2v) is 7.38. The highest BCUT2D eigenvalue weighted by atomic mass is 16.7. The lowest BCUT2D eigenvalue weighted by molar-refractivity contribution is -0.121. The van der Waals surface area contributed by atoms with Gasteiger partial charge in [-0.2, -0.15) is 0 Å². The van der Waals surface area contributed by atoms with Crippen LogP contribution in [0, 0.1) is 0 Å². The summed E-state index contributed by atoms with van der Waals surface area (Å²) in [6.07, 6.45) is 0. The van der Waals surface area contributed by atoms with Crippen molar-refractivity contribution in [2.75, 3.05) is 38.0 Å². The molecule has 0 saturated carbocycles. The summed E-state index contributed by atoms with van der Waals surface area (Å²) in [5, 5.41) is 2.88. The molecule has 0 aliphatic carbocycles. The molecule has 9 nitrogen and oxygen atoms in total. The van der Waals surface area contributed by atoms with Crippen LogP contribution in [0.1, 0.15) is 5.56 Å². The number of anilines is 1. The predicted octanol–water partition coefficient (Wildman–Crippen LogP) is 1.28. The lowest BCUT2D eigenvalue weighted by Gasteiger charge is -2.28. The highest BCUT2D eigenvalue weighted by molar-refractivity contribution is 5.81. The molecule has 160 valence electrons. The van der Waals surface area contributed by atoms with Crippen molar-refractivity contribution in [2.24, 2.45) is 0 Å². The van der Waals surface area contributed by atoms with Crippen molar-refractivity contribution in [1.82, 2.24) is 14.9 Å².